The maximum absolute atomic E-state index is 13.9. The van der Waals surface area contributed by atoms with E-state index >= 15 is 0 Å². The first-order valence-corrected chi connectivity index (χ1v) is 10.6. The minimum atomic E-state index is -4.09. The lowest BCUT2D eigenvalue weighted by Gasteiger charge is -2.11. The summed E-state index contributed by atoms with van der Waals surface area (Å²) >= 11 is 11.9. The van der Waals surface area contributed by atoms with Crippen LogP contribution in [0.2, 0.25) is 10.0 Å². The quantitative estimate of drug-likeness (QED) is 0.367. The summed E-state index contributed by atoms with van der Waals surface area (Å²) in [5.74, 6) is -1.02. The first kappa shape index (κ1) is 19.8. The standard InChI is InChI=1S/C21H11Cl2F2NO2S/c22-13-7-14(23)9-17(8-13)29(27,28)21-11-18(12-2-1-3-15(24)6-12)19-10-16(25)4-5-20(19)26-21/h1-11H. The van der Waals surface area contributed by atoms with Gasteiger partial charge in [-0.05, 0) is 65.7 Å². The molecule has 0 unspecified atom stereocenters. The van der Waals surface area contributed by atoms with Crippen LogP contribution in [0, 0.1) is 11.6 Å². The van der Waals surface area contributed by atoms with Gasteiger partial charge in [-0.1, -0.05) is 35.3 Å². The van der Waals surface area contributed by atoms with Crippen LogP contribution in [0.1, 0.15) is 0 Å². The van der Waals surface area contributed by atoms with Crippen LogP contribution in [-0.2, 0) is 9.84 Å². The number of aromatic nitrogens is 1. The van der Waals surface area contributed by atoms with Gasteiger partial charge in [0.25, 0.3) is 0 Å². The van der Waals surface area contributed by atoms with Gasteiger partial charge in [0.15, 0.2) is 5.03 Å². The molecule has 0 amide bonds. The molecule has 1 aromatic heterocycles. The average Bonchev–Trinajstić information content (AvgIpc) is 2.66. The van der Waals surface area contributed by atoms with Crippen LogP contribution in [0.15, 0.2) is 76.7 Å². The Morgan fingerprint density at radius 2 is 1.48 bits per heavy atom. The number of fused-ring (bicyclic) bond motifs is 1. The van der Waals surface area contributed by atoms with Crippen LogP contribution in [-0.4, -0.2) is 13.4 Å². The monoisotopic (exact) mass is 449 g/mol. The Morgan fingerprint density at radius 1 is 0.793 bits per heavy atom. The van der Waals surface area contributed by atoms with Crippen molar-refractivity contribution in [2.75, 3.05) is 0 Å². The van der Waals surface area contributed by atoms with Crippen molar-refractivity contribution >= 4 is 43.9 Å². The molecule has 146 valence electrons. The second-order valence-electron chi connectivity index (χ2n) is 6.29. The lowest BCUT2D eigenvalue weighted by atomic mass is 10.0. The van der Waals surface area contributed by atoms with Crippen LogP contribution >= 0.6 is 23.2 Å². The summed E-state index contributed by atoms with van der Waals surface area (Å²) in [4.78, 5) is 4.07. The largest absolute Gasteiger partial charge is 0.236 e. The Labute approximate surface area is 175 Å². The summed E-state index contributed by atoms with van der Waals surface area (Å²) in [5, 5.41) is 0.390. The van der Waals surface area contributed by atoms with Crippen LogP contribution < -0.4 is 0 Å². The highest BCUT2D eigenvalue weighted by Gasteiger charge is 2.23. The first-order chi connectivity index (χ1) is 13.7. The molecule has 0 aliphatic rings. The molecule has 0 radical (unpaired) electrons. The number of hydrogen-bond donors (Lipinski definition) is 0. The highest BCUT2D eigenvalue weighted by molar-refractivity contribution is 7.91. The van der Waals surface area contributed by atoms with E-state index in [9.17, 15) is 17.2 Å². The molecule has 0 fully saturated rings. The molecule has 1 heterocycles. The number of sulfone groups is 1. The molecule has 0 N–H and O–H groups in total. The molecule has 0 bridgehead atoms. The van der Waals surface area contributed by atoms with Crippen LogP contribution in [0.4, 0.5) is 8.78 Å². The first-order valence-electron chi connectivity index (χ1n) is 8.31. The molecule has 8 heteroatoms. The second-order valence-corrected chi connectivity index (χ2v) is 9.06. The minimum Gasteiger partial charge on any atom is -0.236 e. The van der Waals surface area contributed by atoms with Gasteiger partial charge in [0, 0.05) is 15.4 Å². The smallest absolute Gasteiger partial charge is 0.223 e. The van der Waals surface area contributed by atoms with E-state index < -0.39 is 21.5 Å². The van der Waals surface area contributed by atoms with Gasteiger partial charge in [-0.15, -0.1) is 0 Å². The van der Waals surface area contributed by atoms with Crippen LogP contribution in [0.5, 0.6) is 0 Å². The highest BCUT2D eigenvalue weighted by atomic mass is 35.5. The van der Waals surface area contributed by atoms with Crippen LogP contribution in [0.25, 0.3) is 22.0 Å². The van der Waals surface area contributed by atoms with Gasteiger partial charge in [0.1, 0.15) is 11.6 Å². The Kier molecular flexibility index (Phi) is 5.02. The maximum Gasteiger partial charge on any atom is 0.223 e. The zero-order chi connectivity index (χ0) is 20.8. The third-order valence-corrected chi connectivity index (χ3v) is 6.36. The fraction of sp³-hybridized carbons (Fsp3) is 0. The molecule has 3 nitrogen and oxygen atoms in total. The molecule has 29 heavy (non-hydrogen) atoms. The second kappa shape index (κ2) is 7.37. The number of hydrogen-bond acceptors (Lipinski definition) is 3. The zero-order valence-electron chi connectivity index (χ0n) is 14.5. The van der Waals surface area contributed by atoms with E-state index in [1.807, 2.05) is 0 Å². The number of rotatable bonds is 3. The molecule has 0 aliphatic heterocycles. The van der Waals surface area contributed by atoms with Crippen molar-refractivity contribution in [3.05, 3.63) is 88.4 Å². The number of benzene rings is 3. The molecule has 4 rings (SSSR count). The predicted molar refractivity (Wildman–Crippen MR) is 109 cm³/mol. The lowest BCUT2D eigenvalue weighted by Crippen LogP contribution is -2.06. The highest BCUT2D eigenvalue weighted by Crippen LogP contribution is 2.33. The fourth-order valence-corrected chi connectivity index (χ4v) is 4.96. The molecular weight excluding hydrogens is 439 g/mol. The summed E-state index contributed by atoms with van der Waals surface area (Å²) in [6.07, 6.45) is 0. The molecule has 0 aliphatic carbocycles. The van der Waals surface area contributed by atoms with E-state index in [1.54, 1.807) is 6.07 Å². The molecule has 3 aromatic carbocycles. The number of halogens is 4. The van der Waals surface area contributed by atoms with Crippen molar-refractivity contribution in [2.24, 2.45) is 0 Å². The predicted octanol–water partition coefficient (Wildman–Crippen LogP) is 6.32. The molecule has 4 aromatic rings. The van der Waals surface area contributed by atoms with Crippen molar-refractivity contribution in [3.8, 4) is 11.1 Å². The van der Waals surface area contributed by atoms with E-state index in [1.165, 1.54) is 60.7 Å². The van der Waals surface area contributed by atoms with Gasteiger partial charge < -0.3 is 0 Å². The van der Waals surface area contributed by atoms with Crippen molar-refractivity contribution in [1.82, 2.24) is 4.98 Å². The Balaban J connectivity index is 2.02. The summed E-state index contributed by atoms with van der Waals surface area (Å²) < 4.78 is 54.0. The van der Waals surface area contributed by atoms with Gasteiger partial charge in [0.2, 0.25) is 9.84 Å². The van der Waals surface area contributed by atoms with E-state index in [4.69, 9.17) is 23.2 Å². The van der Waals surface area contributed by atoms with Crippen molar-refractivity contribution < 1.29 is 17.2 Å². The fourth-order valence-electron chi connectivity index (χ4n) is 3.01. The van der Waals surface area contributed by atoms with Crippen LogP contribution in [0.3, 0.4) is 0 Å². The molecule has 0 saturated carbocycles. The third kappa shape index (κ3) is 3.83. The Bertz CT molecular complexity index is 1350. The zero-order valence-corrected chi connectivity index (χ0v) is 16.9. The SMILES string of the molecule is O=S(=O)(c1cc(Cl)cc(Cl)c1)c1cc(-c2cccc(F)c2)c2cc(F)ccc2n1. The number of pyridine rings is 1. The molecule has 0 saturated heterocycles. The summed E-state index contributed by atoms with van der Waals surface area (Å²) in [7, 11) is -4.09. The van der Waals surface area contributed by atoms with E-state index in [0.717, 1.165) is 0 Å². The maximum atomic E-state index is 13.9. The third-order valence-electron chi connectivity index (χ3n) is 4.30. The molecule has 0 atom stereocenters. The summed E-state index contributed by atoms with van der Waals surface area (Å²) in [6.45, 7) is 0. The Hall–Kier alpha value is -2.54. The summed E-state index contributed by atoms with van der Waals surface area (Å²) in [6, 6.07) is 14.6. The van der Waals surface area contributed by atoms with E-state index in [0.29, 0.717) is 16.5 Å². The lowest BCUT2D eigenvalue weighted by molar-refractivity contribution is 0.593. The Morgan fingerprint density at radius 3 is 2.17 bits per heavy atom. The van der Waals surface area contributed by atoms with Crippen molar-refractivity contribution in [3.63, 3.8) is 0 Å². The molecular formula is C21H11Cl2F2NO2S. The van der Waals surface area contributed by atoms with Gasteiger partial charge in [-0.25, -0.2) is 22.2 Å². The topological polar surface area (TPSA) is 47.0 Å². The van der Waals surface area contributed by atoms with E-state index in [-0.39, 0.29) is 25.5 Å². The normalized spacial score (nSPS) is 11.7. The van der Waals surface area contributed by atoms with Crippen molar-refractivity contribution in [2.45, 2.75) is 9.92 Å². The number of nitrogens with zero attached hydrogens (tertiary/aromatic N) is 1. The van der Waals surface area contributed by atoms with Gasteiger partial charge in [-0.2, -0.15) is 0 Å². The van der Waals surface area contributed by atoms with Gasteiger partial charge in [-0.3, -0.25) is 0 Å². The minimum absolute atomic E-state index is 0.130. The summed E-state index contributed by atoms with van der Waals surface area (Å²) in [5.41, 5.74) is 0.976. The van der Waals surface area contributed by atoms with Crippen molar-refractivity contribution in [1.29, 1.82) is 0 Å². The molecule has 0 spiro atoms. The average molecular weight is 450 g/mol. The van der Waals surface area contributed by atoms with Gasteiger partial charge in [0.05, 0.1) is 10.4 Å². The van der Waals surface area contributed by atoms with E-state index in [2.05, 4.69) is 4.98 Å². The van der Waals surface area contributed by atoms with Gasteiger partial charge >= 0.3 is 0 Å².